The molecule has 0 spiro atoms. The predicted molar refractivity (Wildman–Crippen MR) is 77.7 cm³/mol. The van der Waals surface area contributed by atoms with Crippen LogP contribution in [0, 0.1) is 5.92 Å². The number of benzene rings is 1. The van der Waals surface area contributed by atoms with Crippen LogP contribution in [0.1, 0.15) is 11.3 Å². The first-order valence-electron chi connectivity index (χ1n) is 6.69. The van der Waals surface area contributed by atoms with Gasteiger partial charge in [0.1, 0.15) is 0 Å². The van der Waals surface area contributed by atoms with Crippen LogP contribution in [0.4, 0.5) is 0 Å². The van der Waals surface area contributed by atoms with E-state index in [4.69, 9.17) is 5.73 Å². The molecule has 1 atom stereocenters. The second-order valence-corrected chi connectivity index (χ2v) is 4.82. The van der Waals surface area contributed by atoms with Gasteiger partial charge in [-0.1, -0.05) is 30.3 Å². The Hall–Kier alpha value is -2.14. The number of hydrogen-bond acceptors (Lipinski definition) is 3. The maximum Gasteiger partial charge on any atom is 0.225 e. The van der Waals surface area contributed by atoms with Crippen LogP contribution in [0.15, 0.2) is 42.6 Å². The smallest absolute Gasteiger partial charge is 0.225 e. The monoisotopic (exact) mass is 272 g/mol. The second kappa shape index (κ2) is 6.86. The molecule has 0 fully saturated rings. The molecule has 3 N–H and O–H groups in total. The van der Waals surface area contributed by atoms with Gasteiger partial charge in [-0.2, -0.15) is 5.10 Å². The lowest BCUT2D eigenvalue weighted by Crippen LogP contribution is -2.36. The van der Waals surface area contributed by atoms with Gasteiger partial charge in [0, 0.05) is 19.8 Å². The number of nitrogens with zero attached hydrogens (tertiary/aromatic N) is 2. The van der Waals surface area contributed by atoms with Crippen molar-refractivity contribution in [3.8, 4) is 0 Å². The summed E-state index contributed by atoms with van der Waals surface area (Å²) in [6, 6.07) is 11.8. The van der Waals surface area contributed by atoms with E-state index in [1.54, 1.807) is 4.68 Å². The van der Waals surface area contributed by atoms with Gasteiger partial charge in [0.2, 0.25) is 5.91 Å². The average molecular weight is 272 g/mol. The fourth-order valence-electron chi connectivity index (χ4n) is 2.06. The summed E-state index contributed by atoms with van der Waals surface area (Å²) >= 11 is 0. The fourth-order valence-corrected chi connectivity index (χ4v) is 2.06. The molecule has 0 aliphatic rings. The highest BCUT2D eigenvalue weighted by Crippen LogP contribution is 2.08. The Bertz CT molecular complexity index is 550. The van der Waals surface area contributed by atoms with Crippen LogP contribution in [0.2, 0.25) is 0 Å². The lowest BCUT2D eigenvalue weighted by Gasteiger charge is -2.14. The first kappa shape index (κ1) is 14.3. The molecule has 0 bridgehead atoms. The summed E-state index contributed by atoms with van der Waals surface area (Å²) in [6.07, 6.45) is 2.51. The normalized spacial score (nSPS) is 12.1. The van der Waals surface area contributed by atoms with Gasteiger partial charge in [-0.3, -0.25) is 9.48 Å². The van der Waals surface area contributed by atoms with Crippen molar-refractivity contribution in [2.45, 2.75) is 13.0 Å². The molecule has 1 aromatic carbocycles. The number of hydrogen-bond donors (Lipinski definition) is 2. The lowest BCUT2D eigenvalue weighted by atomic mass is 9.98. The van der Waals surface area contributed by atoms with Crippen LogP contribution in [0.5, 0.6) is 0 Å². The first-order chi connectivity index (χ1) is 9.69. The van der Waals surface area contributed by atoms with Gasteiger partial charge in [-0.05, 0) is 18.1 Å². The number of rotatable bonds is 6. The fraction of sp³-hybridized carbons (Fsp3) is 0.333. The van der Waals surface area contributed by atoms with Gasteiger partial charge in [-0.15, -0.1) is 0 Å². The molecule has 0 saturated heterocycles. The number of carbonyl (C=O) groups is 1. The molecule has 5 heteroatoms. The highest BCUT2D eigenvalue weighted by atomic mass is 16.1. The van der Waals surface area contributed by atoms with Crippen LogP contribution in [-0.2, 0) is 24.8 Å². The SMILES string of the molecule is Cn1ccc(CNC(=O)C(CN)Cc2ccccc2)n1. The minimum Gasteiger partial charge on any atom is -0.350 e. The van der Waals surface area contributed by atoms with Crippen LogP contribution < -0.4 is 11.1 Å². The summed E-state index contributed by atoms with van der Waals surface area (Å²) in [4.78, 5) is 12.1. The molecule has 1 aromatic heterocycles. The van der Waals surface area contributed by atoms with Gasteiger partial charge in [-0.25, -0.2) is 0 Å². The maximum absolute atomic E-state index is 12.1. The van der Waals surface area contributed by atoms with E-state index in [0.717, 1.165) is 11.3 Å². The first-order valence-corrected chi connectivity index (χ1v) is 6.69. The third-order valence-corrected chi connectivity index (χ3v) is 3.19. The van der Waals surface area contributed by atoms with E-state index in [1.165, 1.54) is 0 Å². The van der Waals surface area contributed by atoms with E-state index in [-0.39, 0.29) is 11.8 Å². The van der Waals surface area contributed by atoms with Crippen molar-refractivity contribution >= 4 is 5.91 Å². The topological polar surface area (TPSA) is 72.9 Å². The average Bonchev–Trinajstić information content (AvgIpc) is 2.89. The Morgan fingerprint density at radius 1 is 1.35 bits per heavy atom. The van der Waals surface area contributed by atoms with E-state index in [1.807, 2.05) is 49.6 Å². The minimum atomic E-state index is -0.207. The molecular weight excluding hydrogens is 252 g/mol. The number of nitrogens with one attached hydrogen (secondary N) is 1. The Labute approximate surface area is 118 Å². The maximum atomic E-state index is 12.1. The van der Waals surface area contributed by atoms with Crippen molar-refractivity contribution in [3.05, 3.63) is 53.9 Å². The van der Waals surface area contributed by atoms with Crippen LogP contribution in [-0.4, -0.2) is 22.2 Å². The van der Waals surface area contributed by atoms with Gasteiger partial charge in [0.05, 0.1) is 18.2 Å². The molecular formula is C15H20N4O. The van der Waals surface area contributed by atoms with E-state index in [9.17, 15) is 4.79 Å². The molecule has 1 unspecified atom stereocenters. The summed E-state index contributed by atoms with van der Waals surface area (Å²) in [5, 5.41) is 7.11. The predicted octanol–water partition coefficient (Wildman–Crippen LogP) is 0.854. The van der Waals surface area contributed by atoms with Crippen LogP contribution in [0.25, 0.3) is 0 Å². The molecule has 0 radical (unpaired) electrons. The van der Waals surface area contributed by atoms with Gasteiger partial charge in [0.15, 0.2) is 0 Å². The zero-order valence-electron chi connectivity index (χ0n) is 11.6. The van der Waals surface area contributed by atoms with Gasteiger partial charge in [0.25, 0.3) is 0 Å². The van der Waals surface area contributed by atoms with E-state index < -0.39 is 0 Å². The number of aromatic nitrogens is 2. The molecule has 20 heavy (non-hydrogen) atoms. The molecule has 2 rings (SSSR count). The van der Waals surface area contributed by atoms with E-state index in [0.29, 0.717) is 19.5 Å². The molecule has 1 heterocycles. The molecule has 0 aliphatic heterocycles. The summed E-state index contributed by atoms with van der Waals surface area (Å²) in [6.45, 7) is 0.772. The quantitative estimate of drug-likeness (QED) is 0.819. The zero-order valence-corrected chi connectivity index (χ0v) is 11.6. The summed E-state index contributed by atoms with van der Waals surface area (Å²) in [5.74, 6) is -0.233. The number of nitrogens with two attached hydrogens (primary N) is 1. The third kappa shape index (κ3) is 3.93. The third-order valence-electron chi connectivity index (χ3n) is 3.19. The van der Waals surface area contributed by atoms with E-state index in [2.05, 4.69) is 10.4 Å². The highest BCUT2D eigenvalue weighted by Gasteiger charge is 2.17. The standard InChI is InChI=1S/C15H20N4O/c1-19-8-7-14(18-19)11-17-15(20)13(10-16)9-12-5-3-2-4-6-12/h2-8,13H,9-11,16H2,1H3,(H,17,20). The summed E-state index contributed by atoms with van der Waals surface area (Å²) in [5.41, 5.74) is 7.68. The largest absolute Gasteiger partial charge is 0.350 e. The highest BCUT2D eigenvalue weighted by molar-refractivity contribution is 5.79. The van der Waals surface area contributed by atoms with Crippen molar-refractivity contribution in [2.24, 2.45) is 18.7 Å². The molecule has 2 aromatic rings. The number of carbonyl (C=O) groups excluding carboxylic acids is 1. The van der Waals surface area contributed by atoms with E-state index >= 15 is 0 Å². The second-order valence-electron chi connectivity index (χ2n) is 4.82. The van der Waals surface area contributed by atoms with Gasteiger partial charge < -0.3 is 11.1 Å². The van der Waals surface area contributed by atoms with Crippen LogP contribution in [0.3, 0.4) is 0 Å². The Morgan fingerprint density at radius 2 is 2.10 bits per heavy atom. The zero-order chi connectivity index (χ0) is 14.4. The van der Waals surface area contributed by atoms with Crippen molar-refractivity contribution in [1.82, 2.24) is 15.1 Å². The Balaban J connectivity index is 1.89. The molecule has 1 amide bonds. The number of amides is 1. The summed E-state index contributed by atoms with van der Waals surface area (Å²) < 4.78 is 1.71. The van der Waals surface area contributed by atoms with Crippen molar-refractivity contribution < 1.29 is 4.79 Å². The van der Waals surface area contributed by atoms with Crippen molar-refractivity contribution in [3.63, 3.8) is 0 Å². The number of aryl methyl sites for hydroxylation is 1. The molecule has 0 saturated carbocycles. The minimum absolute atomic E-state index is 0.0259. The molecule has 106 valence electrons. The van der Waals surface area contributed by atoms with Crippen molar-refractivity contribution in [2.75, 3.05) is 6.54 Å². The molecule has 0 aliphatic carbocycles. The lowest BCUT2D eigenvalue weighted by molar-refractivity contribution is -0.124. The Morgan fingerprint density at radius 3 is 2.70 bits per heavy atom. The summed E-state index contributed by atoms with van der Waals surface area (Å²) in [7, 11) is 1.85. The van der Waals surface area contributed by atoms with Gasteiger partial charge >= 0.3 is 0 Å². The molecule has 5 nitrogen and oxygen atoms in total. The van der Waals surface area contributed by atoms with Crippen LogP contribution >= 0.6 is 0 Å². The Kier molecular flexibility index (Phi) is 4.90. The van der Waals surface area contributed by atoms with Crippen molar-refractivity contribution in [1.29, 1.82) is 0 Å².